The molecule has 0 aromatic carbocycles. The summed E-state index contributed by atoms with van der Waals surface area (Å²) < 4.78 is 11.0. The quantitative estimate of drug-likeness (QED) is 0.856. The number of likely N-dealkylation sites (tertiary alicyclic amines) is 1. The van der Waals surface area contributed by atoms with Crippen LogP contribution in [-0.2, 0) is 9.47 Å². The molecule has 1 heterocycles. The Hall–Kier alpha value is -0.810. The van der Waals surface area contributed by atoms with E-state index in [1.165, 1.54) is 0 Å². The van der Waals surface area contributed by atoms with E-state index in [0.29, 0.717) is 19.7 Å². The molecule has 19 heavy (non-hydrogen) atoms. The molecule has 1 N–H and O–H groups in total. The molecule has 1 rings (SSSR count). The summed E-state index contributed by atoms with van der Waals surface area (Å²) in [5, 5.41) is 9.61. The zero-order valence-electron chi connectivity index (χ0n) is 12.7. The maximum atomic E-state index is 11.9. The number of hydrogen-bond acceptors (Lipinski definition) is 4. The summed E-state index contributed by atoms with van der Waals surface area (Å²) in [6, 6.07) is 0. The minimum atomic E-state index is -0.803. The van der Waals surface area contributed by atoms with E-state index in [1.807, 2.05) is 20.8 Å². The molecule has 0 atom stereocenters. The number of hydrogen-bond donors (Lipinski definition) is 1. The Bertz CT molecular complexity index is 296. The molecule has 1 aliphatic heterocycles. The average molecular weight is 273 g/mol. The second kappa shape index (κ2) is 6.09. The highest BCUT2D eigenvalue weighted by Gasteiger charge is 2.28. The van der Waals surface area contributed by atoms with Crippen molar-refractivity contribution < 1.29 is 19.4 Å². The molecule has 0 bridgehead atoms. The van der Waals surface area contributed by atoms with E-state index in [9.17, 15) is 9.90 Å². The van der Waals surface area contributed by atoms with Crippen LogP contribution in [0.1, 0.15) is 47.5 Å². The predicted octanol–water partition coefficient (Wildman–Crippen LogP) is 2.17. The number of carbonyl (C=O) groups is 1. The van der Waals surface area contributed by atoms with Crippen molar-refractivity contribution >= 4 is 6.09 Å². The second-order valence-electron chi connectivity index (χ2n) is 6.79. The van der Waals surface area contributed by atoms with Gasteiger partial charge in [0.25, 0.3) is 0 Å². The van der Waals surface area contributed by atoms with Gasteiger partial charge in [0.15, 0.2) is 0 Å². The van der Waals surface area contributed by atoms with Crippen LogP contribution in [0.15, 0.2) is 0 Å². The number of piperidine rings is 1. The van der Waals surface area contributed by atoms with Crippen LogP contribution in [0.2, 0.25) is 0 Å². The molecule has 5 nitrogen and oxygen atoms in total. The minimum Gasteiger partial charge on any atom is -0.444 e. The molecule has 0 unspecified atom stereocenters. The summed E-state index contributed by atoms with van der Waals surface area (Å²) in [5.41, 5.74) is -1.26. The van der Waals surface area contributed by atoms with Gasteiger partial charge in [0, 0.05) is 13.1 Å². The minimum absolute atomic E-state index is 0.116. The molecule has 0 saturated carbocycles. The molecule has 0 aliphatic carbocycles. The molecule has 1 aliphatic rings. The van der Waals surface area contributed by atoms with Gasteiger partial charge in [-0.05, 0) is 47.5 Å². The fourth-order valence-corrected chi connectivity index (χ4v) is 1.85. The van der Waals surface area contributed by atoms with Gasteiger partial charge in [-0.15, -0.1) is 0 Å². The first-order chi connectivity index (χ1) is 8.57. The summed E-state index contributed by atoms with van der Waals surface area (Å²) in [5.74, 6) is 0. The lowest BCUT2D eigenvalue weighted by atomic mass is 10.1. The standard InChI is InChI=1S/C14H27NO4/c1-13(2,3)19-12(16)15-8-6-11(7-9-15)18-10-14(4,5)17/h11,17H,6-10H2,1-5H3. The highest BCUT2D eigenvalue weighted by molar-refractivity contribution is 5.68. The van der Waals surface area contributed by atoms with E-state index in [-0.39, 0.29) is 12.2 Å². The molecule has 1 amide bonds. The van der Waals surface area contributed by atoms with E-state index >= 15 is 0 Å². The number of amides is 1. The monoisotopic (exact) mass is 273 g/mol. The molecule has 0 aromatic rings. The van der Waals surface area contributed by atoms with Gasteiger partial charge in [-0.1, -0.05) is 0 Å². The Kier molecular flexibility index (Phi) is 5.21. The average Bonchev–Trinajstić information content (AvgIpc) is 2.23. The lowest BCUT2D eigenvalue weighted by Gasteiger charge is -2.34. The van der Waals surface area contributed by atoms with Crippen LogP contribution in [0.4, 0.5) is 4.79 Å². The van der Waals surface area contributed by atoms with Crippen LogP contribution >= 0.6 is 0 Å². The lowest BCUT2D eigenvalue weighted by Crippen LogP contribution is -2.44. The lowest BCUT2D eigenvalue weighted by molar-refractivity contribution is -0.0701. The van der Waals surface area contributed by atoms with Gasteiger partial charge in [0.2, 0.25) is 0 Å². The van der Waals surface area contributed by atoms with Crippen molar-refractivity contribution in [3.05, 3.63) is 0 Å². The molecular weight excluding hydrogens is 246 g/mol. The van der Waals surface area contributed by atoms with Crippen LogP contribution in [0.25, 0.3) is 0 Å². The fourth-order valence-electron chi connectivity index (χ4n) is 1.85. The number of nitrogens with zero attached hydrogens (tertiary/aromatic N) is 1. The number of rotatable bonds is 3. The summed E-state index contributed by atoms with van der Waals surface area (Å²) in [4.78, 5) is 13.6. The maximum Gasteiger partial charge on any atom is 0.410 e. The Balaban J connectivity index is 2.31. The molecular formula is C14H27NO4. The topological polar surface area (TPSA) is 59.0 Å². The third-order valence-electron chi connectivity index (χ3n) is 2.77. The smallest absolute Gasteiger partial charge is 0.410 e. The first kappa shape index (κ1) is 16.2. The number of carbonyl (C=O) groups excluding carboxylic acids is 1. The zero-order valence-corrected chi connectivity index (χ0v) is 12.7. The Morgan fingerprint density at radius 2 is 1.74 bits per heavy atom. The van der Waals surface area contributed by atoms with Crippen molar-refractivity contribution in [2.45, 2.75) is 64.8 Å². The van der Waals surface area contributed by atoms with Gasteiger partial charge in [-0.2, -0.15) is 0 Å². The van der Waals surface area contributed by atoms with E-state index in [1.54, 1.807) is 18.7 Å². The van der Waals surface area contributed by atoms with Gasteiger partial charge < -0.3 is 19.5 Å². The summed E-state index contributed by atoms with van der Waals surface area (Å²) in [6.45, 7) is 10.7. The molecule has 0 radical (unpaired) electrons. The van der Waals surface area contributed by atoms with Crippen LogP contribution in [0.5, 0.6) is 0 Å². The van der Waals surface area contributed by atoms with Crippen molar-refractivity contribution in [1.29, 1.82) is 0 Å². The van der Waals surface area contributed by atoms with Crippen LogP contribution in [-0.4, -0.2) is 53.1 Å². The van der Waals surface area contributed by atoms with E-state index in [0.717, 1.165) is 12.8 Å². The van der Waals surface area contributed by atoms with Crippen LogP contribution in [0, 0.1) is 0 Å². The SMILES string of the molecule is CC(C)(O)COC1CCN(C(=O)OC(C)(C)C)CC1. The number of aliphatic hydroxyl groups is 1. The normalized spacial score (nSPS) is 18.5. The first-order valence-electron chi connectivity index (χ1n) is 6.89. The first-order valence-corrected chi connectivity index (χ1v) is 6.89. The maximum absolute atomic E-state index is 11.9. The summed E-state index contributed by atoms with van der Waals surface area (Å²) in [6.07, 6.45) is 1.43. The van der Waals surface area contributed by atoms with E-state index in [4.69, 9.17) is 9.47 Å². The van der Waals surface area contributed by atoms with Crippen LogP contribution < -0.4 is 0 Å². The van der Waals surface area contributed by atoms with Gasteiger partial charge in [0.1, 0.15) is 5.60 Å². The summed E-state index contributed by atoms with van der Waals surface area (Å²) >= 11 is 0. The van der Waals surface area contributed by atoms with Gasteiger partial charge in [-0.25, -0.2) is 4.79 Å². The second-order valence-corrected chi connectivity index (χ2v) is 6.79. The van der Waals surface area contributed by atoms with Crippen molar-refractivity contribution in [2.75, 3.05) is 19.7 Å². The van der Waals surface area contributed by atoms with Gasteiger partial charge in [0.05, 0.1) is 18.3 Å². The van der Waals surface area contributed by atoms with Crippen molar-refractivity contribution in [1.82, 2.24) is 4.90 Å². The molecule has 5 heteroatoms. The summed E-state index contributed by atoms with van der Waals surface area (Å²) in [7, 11) is 0. The molecule has 112 valence electrons. The fraction of sp³-hybridized carbons (Fsp3) is 0.929. The predicted molar refractivity (Wildman–Crippen MR) is 73.1 cm³/mol. The molecule has 0 aromatic heterocycles. The third-order valence-corrected chi connectivity index (χ3v) is 2.77. The highest BCUT2D eigenvalue weighted by Crippen LogP contribution is 2.18. The van der Waals surface area contributed by atoms with Crippen molar-refractivity contribution in [3.63, 3.8) is 0 Å². The Morgan fingerprint density at radius 1 is 1.21 bits per heavy atom. The van der Waals surface area contributed by atoms with Gasteiger partial charge >= 0.3 is 6.09 Å². The highest BCUT2D eigenvalue weighted by atomic mass is 16.6. The van der Waals surface area contributed by atoms with Crippen molar-refractivity contribution in [3.8, 4) is 0 Å². The van der Waals surface area contributed by atoms with Crippen LogP contribution in [0.3, 0.4) is 0 Å². The Morgan fingerprint density at radius 3 is 2.16 bits per heavy atom. The molecule has 1 saturated heterocycles. The molecule has 0 spiro atoms. The Labute approximate surface area is 115 Å². The largest absolute Gasteiger partial charge is 0.444 e. The van der Waals surface area contributed by atoms with E-state index < -0.39 is 11.2 Å². The van der Waals surface area contributed by atoms with Gasteiger partial charge in [-0.3, -0.25) is 0 Å². The molecule has 1 fully saturated rings. The third kappa shape index (κ3) is 6.78. The van der Waals surface area contributed by atoms with E-state index in [2.05, 4.69) is 0 Å². The number of ether oxygens (including phenoxy) is 2. The van der Waals surface area contributed by atoms with Crippen molar-refractivity contribution in [2.24, 2.45) is 0 Å². The zero-order chi connectivity index (χ0) is 14.7.